The van der Waals surface area contributed by atoms with E-state index in [1.807, 2.05) is 0 Å². The van der Waals surface area contributed by atoms with E-state index in [9.17, 15) is 13.2 Å². The first-order valence-electron chi connectivity index (χ1n) is 5.92. The molecule has 0 aliphatic carbocycles. The van der Waals surface area contributed by atoms with Crippen molar-refractivity contribution in [1.29, 1.82) is 0 Å². The normalized spacial score (nSPS) is 18.9. The van der Waals surface area contributed by atoms with Crippen molar-refractivity contribution < 1.29 is 18.3 Å². The Hall–Kier alpha value is -1.70. The van der Waals surface area contributed by atoms with Gasteiger partial charge in [-0.15, -0.1) is 0 Å². The van der Waals surface area contributed by atoms with Gasteiger partial charge in [0.25, 0.3) is 0 Å². The summed E-state index contributed by atoms with van der Waals surface area (Å²) in [7, 11) is -3.01. The van der Waals surface area contributed by atoms with Crippen molar-refractivity contribution in [2.45, 2.75) is 13.3 Å². The molecular weight excluding hydrogens is 270 g/mol. The molecule has 1 aromatic heterocycles. The molecule has 8 heteroatoms. The molecule has 1 N–H and O–H groups in total. The Morgan fingerprint density at radius 1 is 1.32 bits per heavy atom. The molecule has 0 saturated carbocycles. The van der Waals surface area contributed by atoms with Gasteiger partial charge >= 0.3 is 5.97 Å². The largest absolute Gasteiger partial charge is 0.477 e. The number of hydrogen-bond donors (Lipinski definition) is 1. The Balaban J connectivity index is 2.29. The number of aryl methyl sites for hydroxylation is 1. The number of rotatable bonds is 2. The summed E-state index contributed by atoms with van der Waals surface area (Å²) >= 11 is 0. The van der Waals surface area contributed by atoms with E-state index in [1.54, 1.807) is 11.8 Å². The molecule has 0 amide bonds. The van der Waals surface area contributed by atoms with Crippen molar-refractivity contribution in [3.8, 4) is 0 Å². The van der Waals surface area contributed by atoms with Gasteiger partial charge in [0.15, 0.2) is 15.5 Å². The minimum atomic E-state index is -3.01. The summed E-state index contributed by atoms with van der Waals surface area (Å²) in [5.41, 5.74) is 0.476. The minimum Gasteiger partial charge on any atom is -0.477 e. The summed E-state index contributed by atoms with van der Waals surface area (Å²) in [5, 5.41) is 8.97. The van der Waals surface area contributed by atoms with E-state index in [2.05, 4.69) is 9.97 Å². The van der Waals surface area contributed by atoms with Gasteiger partial charge in [0.1, 0.15) is 0 Å². The van der Waals surface area contributed by atoms with E-state index in [1.165, 1.54) is 6.07 Å². The summed E-state index contributed by atoms with van der Waals surface area (Å²) in [4.78, 5) is 20.8. The van der Waals surface area contributed by atoms with Crippen molar-refractivity contribution in [3.63, 3.8) is 0 Å². The lowest BCUT2D eigenvalue weighted by molar-refractivity contribution is 0.0690. The summed E-state index contributed by atoms with van der Waals surface area (Å²) in [6.45, 7) is 2.50. The zero-order valence-corrected chi connectivity index (χ0v) is 11.4. The van der Waals surface area contributed by atoms with Crippen LogP contribution in [0.2, 0.25) is 0 Å². The highest BCUT2D eigenvalue weighted by Gasteiger charge is 2.21. The first-order valence-corrected chi connectivity index (χ1v) is 7.74. The van der Waals surface area contributed by atoms with E-state index >= 15 is 0 Å². The predicted molar refractivity (Wildman–Crippen MR) is 69.2 cm³/mol. The lowest BCUT2D eigenvalue weighted by Crippen LogP contribution is -2.29. The van der Waals surface area contributed by atoms with Gasteiger partial charge < -0.3 is 10.0 Å². The number of carboxylic acid groups (broad SMARTS) is 1. The van der Waals surface area contributed by atoms with Crippen LogP contribution in [0.5, 0.6) is 0 Å². The number of carboxylic acids is 1. The highest BCUT2D eigenvalue weighted by Crippen LogP contribution is 2.14. The van der Waals surface area contributed by atoms with Crippen LogP contribution < -0.4 is 4.90 Å². The second kappa shape index (κ2) is 5.12. The van der Waals surface area contributed by atoms with Crippen molar-refractivity contribution in [2.75, 3.05) is 29.5 Å². The molecule has 1 aliphatic rings. The summed E-state index contributed by atoms with van der Waals surface area (Å²) in [6.07, 6.45) is 0.502. The van der Waals surface area contributed by atoms with Gasteiger partial charge in [-0.2, -0.15) is 0 Å². The number of sulfone groups is 1. The van der Waals surface area contributed by atoms with Crippen LogP contribution >= 0.6 is 0 Å². The first kappa shape index (κ1) is 13.7. The fraction of sp³-hybridized carbons (Fsp3) is 0.545. The van der Waals surface area contributed by atoms with Crippen LogP contribution in [0.25, 0.3) is 0 Å². The van der Waals surface area contributed by atoms with Gasteiger partial charge in [-0.1, -0.05) is 0 Å². The average molecular weight is 285 g/mol. The molecule has 7 nitrogen and oxygen atoms in total. The highest BCUT2D eigenvalue weighted by atomic mass is 32.2. The number of aromatic carboxylic acids is 1. The molecule has 2 rings (SSSR count). The topological polar surface area (TPSA) is 100 Å². The van der Waals surface area contributed by atoms with E-state index in [4.69, 9.17) is 5.11 Å². The minimum absolute atomic E-state index is 0.0483. The van der Waals surface area contributed by atoms with Crippen molar-refractivity contribution in [1.82, 2.24) is 9.97 Å². The van der Waals surface area contributed by atoms with Crippen molar-refractivity contribution >= 4 is 21.8 Å². The standard InChI is InChI=1S/C11H15N3O4S/c1-8-7-9(10(15)16)13-11(12-8)14-3-2-5-19(17,18)6-4-14/h7H,2-6H2,1H3,(H,15,16). The Morgan fingerprint density at radius 2 is 2.05 bits per heavy atom. The number of aromatic nitrogens is 2. The van der Waals surface area contributed by atoms with Crippen molar-refractivity contribution in [2.24, 2.45) is 0 Å². The van der Waals surface area contributed by atoms with Crippen LogP contribution in [-0.4, -0.2) is 54.1 Å². The van der Waals surface area contributed by atoms with E-state index < -0.39 is 15.8 Å². The summed E-state index contributed by atoms with van der Waals surface area (Å²) in [6, 6.07) is 1.39. The Morgan fingerprint density at radius 3 is 2.74 bits per heavy atom. The third-order valence-electron chi connectivity index (χ3n) is 2.90. The third-order valence-corrected chi connectivity index (χ3v) is 4.62. The zero-order chi connectivity index (χ0) is 14.0. The molecule has 0 radical (unpaired) electrons. The molecule has 0 atom stereocenters. The number of nitrogens with zero attached hydrogens (tertiary/aromatic N) is 3. The van der Waals surface area contributed by atoms with Crippen LogP contribution in [0.3, 0.4) is 0 Å². The maximum absolute atomic E-state index is 11.5. The molecule has 1 aromatic rings. The molecule has 2 heterocycles. The van der Waals surface area contributed by atoms with Crippen LogP contribution in [0.15, 0.2) is 6.07 Å². The third kappa shape index (κ3) is 3.40. The average Bonchev–Trinajstić information content (AvgIpc) is 2.49. The van der Waals surface area contributed by atoms with Gasteiger partial charge in [-0.25, -0.2) is 23.2 Å². The predicted octanol–water partition coefficient (Wildman–Crippen LogP) is 0.108. The van der Waals surface area contributed by atoms with Crippen molar-refractivity contribution in [3.05, 3.63) is 17.5 Å². The molecule has 0 unspecified atom stereocenters. The molecular formula is C11H15N3O4S. The molecule has 0 aromatic carbocycles. The quantitative estimate of drug-likeness (QED) is 0.822. The molecule has 1 saturated heterocycles. The maximum atomic E-state index is 11.5. The van der Waals surface area contributed by atoms with E-state index in [-0.39, 0.29) is 23.1 Å². The van der Waals surface area contributed by atoms with Crippen LogP contribution in [-0.2, 0) is 9.84 Å². The number of anilines is 1. The Kier molecular flexibility index (Phi) is 3.70. The maximum Gasteiger partial charge on any atom is 0.354 e. The molecule has 1 aliphatic heterocycles. The van der Waals surface area contributed by atoms with E-state index in [0.29, 0.717) is 25.2 Å². The zero-order valence-electron chi connectivity index (χ0n) is 10.5. The van der Waals surface area contributed by atoms with Crippen LogP contribution in [0.1, 0.15) is 22.6 Å². The molecule has 0 spiro atoms. The lowest BCUT2D eigenvalue weighted by atomic mass is 10.3. The van der Waals surface area contributed by atoms with Gasteiger partial charge in [-0.05, 0) is 19.4 Å². The van der Waals surface area contributed by atoms with Gasteiger partial charge in [0.2, 0.25) is 5.95 Å². The summed E-state index contributed by atoms with van der Waals surface area (Å²) < 4.78 is 23.1. The highest BCUT2D eigenvalue weighted by molar-refractivity contribution is 7.91. The Labute approximate surface area is 111 Å². The van der Waals surface area contributed by atoms with Gasteiger partial charge in [0, 0.05) is 18.8 Å². The Bertz CT molecular complexity index is 600. The number of carbonyl (C=O) groups is 1. The van der Waals surface area contributed by atoms with E-state index in [0.717, 1.165) is 0 Å². The molecule has 19 heavy (non-hydrogen) atoms. The SMILES string of the molecule is Cc1cc(C(=O)O)nc(N2CCCS(=O)(=O)CC2)n1. The fourth-order valence-electron chi connectivity index (χ4n) is 1.94. The van der Waals surface area contributed by atoms with Gasteiger partial charge in [-0.3, -0.25) is 0 Å². The monoisotopic (exact) mass is 285 g/mol. The molecule has 1 fully saturated rings. The second-order valence-corrected chi connectivity index (χ2v) is 6.80. The van der Waals surface area contributed by atoms with Crippen LogP contribution in [0.4, 0.5) is 5.95 Å². The fourth-order valence-corrected chi connectivity index (χ4v) is 3.21. The molecule has 0 bridgehead atoms. The summed E-state index contributed by atoms with van der Waals surface area (Å²) in [5.74, 6) is -0.628. The molecule has 104 valence electrons. The lowest BCUT2D eigenvalue weighted by Gasteiger charge is -2.20. The van der Waals surface area contributed by atoms with Crippen LogP contribution in [0, 0.1) is 6.92 Å². The number of hydrogen-bond acceptors (Lipinski definition) is 6. The second-order valence-electron chi connectivity index (χ2n) is 4.49. The first-order chi connectivity index (χ1) is 8.87. The van der Waals surface area contributed by atoms with Gasteiger partial charge in [0.05, 0.1) is 11.5 Å². The smallest absolute Gasteiger partial charge is 0.354 e.